The van der Waals surface area contributed by atoms with Gasteiger partial charge in [-0.1, -0.05) is 24.3 Å². The SMILES string of the molecule is Cc1c2n(ccc1=O)N(C1c3ccccc3CSc3ccc(F)cc31)CN([C@H](C)C(F)(F)F)C2=O. The summed E-state index contributed by atoms with van der Waals surface area (Å²) in [7, 11) is 0. The standard InChI is InChI=1S/C25H21F4N3O2S/c1-14-20(33)9-10-31-22(14)24(34)30(15(2)25(27,28)29)13-32(31)23-18-6-4-3-5-16(18)12-35-21-8-7-17(26)11-19(21)23/h3-11,15,23H,12-13H2,1-2H3/t15-,23?/m1/s1. The molecule has 182 valence electrons. The lowest BCUT2D eigenvalue weighted by Crippen LogP contribution is -2.60. The first-order valence-electron chi connectivity index (χ1n) is 10.9. The van der Waals surface area contributed by atoms with Crippen molar-refractivity contribution in [2.45, 2.75) is 42.8 Å². The van der Waals surface area contributed by atoms with E-state index in [-0.39, 0.29) is 11.3 Å². The van der Waals surface area contributed by atoms with Crippen LogP contribution in [-0.2, 0) is 5.75 Å². The zero-order chi connectivity index (χ0) is 25.1. The number of hydrogen-bond acceptors (Lipinski definition) is 4. The van der Waals surface area contributed by atoms with E-state index < -0.39 is 42.1 Å². The summed E-state index contributed by atoms with van der Waals surface area (Å²) < 4.78 is 57.3. The molecular weight excluding hydrogens is 482 g/mol. The van der Waals surface area contributed by atoms with Crippen molar-refractivity contribution in [3.8, 4) is 0 Å². The van der Waals surface area contributed by atoms with E-state index in [1.807, 2.05) is 24.3 Å². The summed E-state index contributed by atoms with van der Waals surface area (Å²) in [6.45, 7) is 1.94. The third kappa shape index (κ3) is 3.89. The Bertz CT molecular complexity index is 1390. The molecule has 3 aromatic rings. The van der Waals surface area contributed by atoms with Crippen LogP contribution < -0.4 is 10.4 Å². The van der Waals surface area contributed by atoms with Crippen molar-refractivity contribution < 1.29 is 22.4 Å². The molecule has 5 rings (SSSR count). The lowest BCUT2D eigenvalue weighted by atomic mass is 9.94. The highest BCUT2D eigenvalue weighted by Crippen LogP contribution is 2.43. The summed E-state index contributed by atoms with van der Waals surface area (Å²) in [5.74, 6) is -0.757. The summed E-state index contributed by atoms with van der Waals surface area (Å²) in [6.07, 6.45) is -3.27. The Labute approximate surface area is 202 Å². The first-order chi connectivity index (χ1) is 16.6. The number of thioether (sulfide) groups is 1. The van der Waals surface area contributed by atoms with E-state index in [4.69, 9.17) is 0 Å². The highest BCUT2D eigenvalue weighted by molar-refractivity contribution is 7.98. The van der Waals surface area contributed by atoms with Gasteiger partial charge in [0.1, 0.15) is 24.2 Å². The maximum atomic E-state index is 14.5. The van der Waals surface area contributed by atoms with E-state index in [1.54, 1.807) is 11.1 Å². The second-order valence-corrected chi connectivity index (χ2v) is 9.66. The fraction of sp³-hybridized carbons (Fsp3) is 0.280. The molecule has 0 spiro atoms. The second kappa shape index (κ2) is 8.44. The number of rotatable bonds is 2. The Morgan fingerprint density at radius 1 is 1.06 bits per heavy atom. The summed E-state index contributed by atoms with van der Waals surface area (Å²) >= 11 is 1.51. The maximum Gasteiger partial charge on any atom is 0.408 e. The molecule has 2 atom stereocenters. The number of nitrogens with zero attached hydrogens (tertiary/aromatic N) is 3. The summed E-state index contributed by atoms with van der Waals surface area (Å²) in [5, 5.41) is 1.61. The van der Waals surface area contributed by atoms with Crippen LogP contribution in [-0.4, -0.2) is 34.4 Å². The van der Waals surface area contributed by atoms with E-state index in [9.17, 15) is 27.2 Å². The van der Waals surface area contributed by atoms with Gasteiger partial charge in [0.2, 0.25) is 0 Å². The highest BCUT2D eigenvalue weighted by atomic mass is 32.2. The molecule has 0 radical (unpaired) electrons. The molecular formula is C25H21F4N3O2S. The number of benzene rings is 2. The smallest absolute Gasteiger partial charge is 0.306 e. The molecule has 10 heteroatoms. The summed E-state index contributed by atoms with van der Waals surface area (Å²) in [6, 6.07) is 10.4. The predicted molar refractivity (Wildman–Crippen MR) is 124 cm³/mol. The Morgan fingerprint density at radius 2 is 1.80 bits per heavy atom. The van der Waals surface area contributed by atoms with Crippen molar-refractivity contribution in [3.63, 3.8) is 0 Å². The summed E-state index contributed by atoms with van der Waals surface area (Å²) in [5.41, 5.74) is 1.79. The average molecular weight is 504 g/mol. The topological polar surface area (TPSA) is 45.6 Å². The molecule has 2 aliphatic rings. The number of alkyl halides is 3. The normalized spacial score (nSPS) is 18.5. The molecule has 1 amide bonds. The van der Waals surface area contributed by atoms with Crippen LogP contribution >= 0.6 is 11.8 Å². The number of aromatic nitrogens is 1. The van der Waals surface area contributed by atoms with E-state index in [2.05, 4.69) is 0 Å². The summed E-state index contributed by atoms with van der Waals surface area (Å²) in [4.78, 5) is 27.2. The van der Waals surface area contributed by atoms with Gasteiger partial charge < -0.3 is 4.90 Å². The molecule has 0 saturated carbocycles. The molecule has 0 fully saturated rings. The molecule has 35 heavy (non-hydrogen) atoms. The molecule has 2 aliphatic heterocycles. The third-order valence-corrected chi connectivity index (χ3v) is 7.74. The third-order valence-electron chi connectivity index (χ3n) is 6.60. The minimum Gasteiger partial charge on any atom is -0.306 e. The molecule has 0 aliphatic carbocycles. The van der Waals surface area contributed by atoms with Crippen molar-refractivity contribution in [2.24, 2.45) is 0 Å². The molecule has 0 N–H and O–H groups in total. The first kappa shape index (κ1) is 23.5. The van der Waals surface area contributed by atoms with E-state index in [0.29, 0.717) is 11.3 Å². The number of fused-ring (bicyclic) bond motifs is 3. The van der Waals surface area contributed by atoms with E-state index >= 15 is 0 Å². The van der Waals surface area contributed by atoms with Crippen LogP contribution in [0.25, 0.3) is 0 Å². The Morgan fingerprint density at radius 3 is 2.54 bits per heavy atom. The minimum absolute atomic E-state index is 0.0531. The van der Waals surface area contributed by atoms with Crippen LogP contribution in [0.2, 0.25) is 0 Å². The highest BCUT2D eigenvalue weighted by Gasteiger charge is 2.47. The van der Waals surface area contributed by atoms with Crippen molar-refractivity contribution in [1.29, 1.82) is 0 Å². The van der Waals surface area contributed by atoms with Crippen molar-refractivity contribution in [3.05, 3.63) is 98.7 Å². The fourth-order valence-electron chi connectivity index (χ4n) is 4.65. The second-order valence-electron chi connectivity index (χ2n) is 8.64. The Kier molecular flexibility index (Phi) is 5.66. The maximum absolute atomic E-state index is 14.5. The minimum atomic E-state index is -4.67. The molecule has 0 bridgehead atoms. The van der Waals surface area contributed by atoms with Gasteiger partial charge in [-0.25, -0.2) is 4.39 Å². The Balaban J connectivity index is 1.79. The molecule has 2 aromatic carbocycles. The fourth-order valence-corrected chi connectivity index (χ4v) is 5.72. The van der Waals surface area contributed by atoms with Crippen molar-refractivity contribution in [2.75, 3.05) is 11.7 Å². The van der Waals surface area contributed by atoms with Gasteiger partial charge in [-0.3, -0.25) is 19.3 Å². The number of halogens is 4. The van der Waals surface area contributed by atoms with E-state index in [0.717, 1.165) is 27.8 Å². The van der Waals surface area contributed by atoms with Crippen LogP contribution in [0.15, 0.2) is 64.4 Å². The van der Waals surface area contributed by atoms with Gasteiger partial charge in [-0.2, -0.15) is 13.2 Å². The van der Waals surface area contributed by atoms with Gasteiger partial charge in [0.15, 0.2) is 5.43 Å². The molecule has 3 heterocycles. The lowest BCUT2D eigenvalue weighted by molar-refractivity contribution is -0.173. The van der Waals surface area contributed by atoms with Crippen LogP contribution in [0.1, 0.15) is 45.7 Å². The van der Waals surface area contributed by atoms with Crippen LogP contribution in [0.3, 0.4) is 0 Å². The number of carbonyl (C=O) groups excluding carboxylic acids is 1. The van der Waals surface area contributed by atoms with Gasteiger partial charge in [0.25, 0.3) is 5.91 Å². The molecule has 0 saturated heterocycles. The van der Waals surface area contributed by atoms with Crippen LogP contribution in [0.4, 0.5) is 17.6 Å². The molecule has 1 aromatic heterocycles. The van der Waals surface area contributed by atoms with Gasteiger partial charge in [0.05, 0.1) is 6.04 Å². The first-order valence-corrected chi connectivity index (χ1v) is 11.9. The lowest BCUT2D eigenvalue weighted by Gasteiger charge is -2.46. The van der Waals surface area contributed by atoms with Gasteiger partial charge in [0, 0.05) is 28.5 Å². The largest absolute Gasteiger partial charge is 0.408 e. The molecule has 1 unspecified atom stereocenters. The van der Waals surface area contributed by atoms with E-state index in [1.165, 1.54) is 47.8 Å². The van der Waals surface area contributed by atoms with Crippen molar-refractivity contribution >= 4 is 17.7 Å². The van der Waals surface area contributed by atoms with Gasteiger partial charge >= 0.3 is 6.18 Å². The number of hydrogen-bond donors (Lipinski definition) is 0. The van der Waals surface area contributed by atoms with Crippen LogP contribution in [0, 0.1) is 12.7 Å². The quantitative estimate of drug-likeness (QED) is 0.462. The Hall–Kier alpha value is -3.27. The monoisotopic (exact) mass is 503 g/mol. The predicted octanol–water partition coefficient (Wildman–Crippen LogP) is 4.99. The number of amides is 1. The number of carbonyl (C=O) groups is 1. The molecule has 5 nitrogen and oxygen atoms in total. The van der Waals surface area contributed by atoms with Gasteiger partial charge in [-0.15, -0.1) is 11.8 Å². The van der Waals surface area contributed by atoms with Crippen LogP contribution in [0.5, 0.6) is 0 Å². The zero-order valence-electron chi connectivity index (χ0n) is 18.8. The number of pyridine rings is 1. The van der Waals surface area contributed by atoms with Crippen molar-refractivity contribution in [1.82, 2.24) is 9.58 Å². The zero-order valence-corrected chi connectivity index (χ0v) is 19.7. The average Bonchev–Trinajstić information content (AvgIpc) is 2.97. The van der Waals surface area contributed by atoms with Gasteiger partial charge in [-0.05, 0) is 48.7 Å².